The molecule has 2 unspecified atom stereocenters. The summed E-state index contributed by atoms with van der Waals surface area (Å²) in [5, 5.41) is 25.0. The first-order valence-corrected chi connectivity index (χ1v) is 12.6. The lowest BCUT2D eigenvalue weighted by Crippen LogP contribution is -2.52. The standard InChI is InChI=1S/C25H27N3O6S/c1-25(2)24(29)23(21-5-3-4-6-22(21)34-25)26-16-15-17-7-9-18(10-8-17)27-35(32,33)20-13-11-19(12-14-20)28(30)31/h3-14,23-24,26-27,29H,15-16H2,1-2H3. The van der Waals surface area contributed by atoms with Crippen LogP contribution in [0.3, 0.4) is 0 Å². The number of ether oxygens (including phenoxy) is 1. The highest BCUT2D eigenvalue weighted by Crippen LogP contribution is 2.39. The number of non-ortho nitro benzene ring substituents is 1. The first-order valence-electron chi connectivity index (χ1n) is 11.1. The first-order chi connectivity index (χ1) is 16.6. The molecule has 35 heavy (non-hydrogen) atoms. The fourth-order valence-corrected chi connectivity index (χ4v) is 5.10. The second kappa shape index (κ2) is 9.65. The Bertz CT molecular complexity index is 1310. The summed E-state index contributed by atoms with van der Waals surface area (Å²) in [4.78, 5) is 10.1. The highest BCUT2D eigenvalue weighted by atomic mass is 32.2. The van der Waals surface area contributed by atoms with Gasteiger partial charge >= 0.3 is 0 Å². The van der Waals surface area contributed by atoms with Crippen LogP contribution >= 0.6 is 0 Å². The van der Waals surface area contributed by atoms with Crippen molar-refractivity contribution in [1.82, 2.24) is 5.32 Å². The summed E-state index contributed by atoms with van der Waals surface area (Å²) in [6.07, 6.45) is -0.0594. The van der Waals surface area contributed by atoms with Gasteiger partial charge in [-0.3, -0.25) is 14.8 Å². The molecule has 0 aliphatic carbocycles. The van der Waals surface area contributed by atoms with Crippen LogP contribution in [0, 0.1) is 10.1 Å². The molecule has 184 valence electrons. The molecule has 0 saturated heterocycles. The number of nitro groups is 1. The summed E-state index contributed by atoms with van der Waals surface area (Å²) in [7, 11) is -3.87. The van der Waals surface area contributed by atoms with Crippen LogP contribution in [-0.2, 0) is 16.4 Å². The third kappa shape index (κ3) is 5.45. The number of hydrogen-bond donors (Lipinski definition) is 3. The molecule has 9 nitrogen and oxygen atoms in total. The van der Waals surface area contributed by atoms with Crippen molar-refractivity contribution in [2.45, 2.75) is 42.9 Å². The van der Waals surface area contributed by atoms with Gasteiger partial charge in [0.1, 0.15) is 17.5 Å². The molecule has 0 aromatic heterocycles. The Hall–Kier alpha value is -3.47. The van der Waals surface area contributed by atoms with Gasteiger partial charge in [-0.1, -0.05) is 30.3 Å². The van der Waals surface area contributed by atoms with E-state index < -0.39 is 26.7 Å². The smallest absolute Gasteiger partial charge is 0.269 e. The van der Waals surface area contributed by atoms with Crippen LogP contribution < -0.4 is 14.8 Å². The number of hydrogen-bond acceptors (Lipinski definition) is 7. The number of anilines is 1. The van der Waals surface area contributed by atoms with Crippen LogP contribution in [0.4, 0.5) is 11.4 Å². The fourth-order valence-electron chi connectivity index (χ4n) is 4.04. The van der Waals surface area contributed by atoms with Crippen LogP contribution in [0.15, 0.2) is 77.7 Å². The van der Waals surface area contributed by atoms with E-state index >= 15 is 0 Å². The Morgan fingerprint density at radius 3 is 2.34 bits per heavy atom. The number of rotatable bonds is 8. The van der Waals surface area contributed by atoms with Gasteiger partial charge in [0, 0.05) is 23.4 Å². The number of aliphatic hydroxyl groups is 1. The maximum atomic E-state index is 12.6. The minimum atomic E-state index is -3.87. The molecular weight excluding hydrogens is 470 g/mol. The van der Waals surface area contributed by atoms with E-state index in [0.717, 1.165) is 29.0 Å². The maximum Gasteiger partial charge on any atom is 0.269 e. The van der Waals surface area contributed by atoms with Gasteiger partial charge in [0.2, 0.25) is 0 Å². The Morgan fingerprint density at radius 2 is 1.69 bits per heavy atom. The number of nitrogens with zero attached hydrogens (tertiary/aromatic N) is 1. The molecule has 1 aliphatic heterocycles. The zero-order valence-electron chi connectivity index (χ0n) is 19.3. The maximum absolute atomic E-state index is 12.6. The number of fused-ring (bicyclic) bond motifs is 1. The van der Waals surface area contributed by atoms with Gasteiger partial charge in [-0.25, -0.2) is 8.42 Å². The lowest BCUT2D eigenvalue weighted by Gasteiger charge is -2.42. The van der Waals surface area contributed by atoms with Crippen LogP contribution in [0.25, 0.3) is 0 Å². The molecule has 1 heterocycles. The monoisotopic (exact) mass is 497 g/mol. The number of benzene rings is 3. The van der Waals surface area contributed by atoms with Gasteiger partial charge in [0.05, 0.1) is 15.9 Å². The Morgan fingerprint density at radius 1 is 1.03 bits per heavy atom. The summed E-state index contributed by atoms with van der Waals surface area (Å²) >= 11 is 0. The van der Waals surface area contributed by atoms with Crippen LogP contribution in [-0.4, -0.2) is 36.7 Å². The number of aliphatic hydroxyl groups excluding tert-OH is 1. The highest BCUT2D eigenvalue weighted by molar-refractivity contribution is 7.92. The van der Waals surface area contributed by atoms with E-state index in [0.29, 0.717) is 18.7 Å². The molecule has 10 heteroatoms. The van der Waals surface area contributed by atoms with E-state index in [1.54, 1.807) is 12.1 Å². The van der Waals surface area contributed by atoms with Crippen molar-refractivity contribution in [3.63, 3.8) is 0 Å². The molecule has 3 aromatic carbocycles. The predicted molar refractivity (Wildman–Crippen MR) is 132 cm³/mol. The number of nitro benzene ring substituents is 1. The van der Waals surface area contributed by atoms with E-state index in [-0.39, 0.29) is 16.6 Å². The average molecular weight is 498 g/mol. The molecule has 3 N–H and O–H groups in total. The van der Waals surface area contributed by atoms with E-state index in [9.17, 15) is 23.6 Å². The van der Waals surface area contributed by atoms with E-state index in [2.05, 4.69) is 10.0 Å². The van der Waals surface area contributed by atoms with Crippen molar-refractivity contribution in [1.29, 1.82) is 0 Å². The minimum Gasteiger partial charge on any atom is -0.485 e. The molecule has 1 aliphatic rings. The topological polar surface area (TPSA) is 131 Å². The Labute approximate surface area is 204 Å². The molecule has 0 saturated carbocycles. The van der Waals surface area contributed by atoms with Gasteiger partial charge in [-0.15, -0.1) is 0 Å². The van der Waals surface area contributed by atoms with Crippen molar-refractivity contribution in [3.05, 3.63) is 94.0 Å². The summed E-state index contributed by atoms with van der Waals surface area (Å²) in [6.45, 7) is 4.32. The largest absolute Gasteiger partial charge is 0.485 e. The number of nitrogens with one attached hydrogen (secondary N) is 2. The summed E-state index contributed by atoms with van der Waals surface area (Å²) in [5.74, 6) is 0.755. The summed E-state index contributed by atoms with van der Waals surface area (Å²) in [5.41, 5.74) is 1.38. The molecule has 0 amide bonds. The molecule has 0 bridgehead atoms. The lowest BCUT2D eigenvalue weighted by atomic mass is 9.86. The highest BCUT2D eigenvalue weighted by Gasteiger charge is 2.42. The van der Waals surface area contributed by atoms with Gasteiger partial charge < -0.3 is 15.2 Å². The minimum absolute atomic E-state index is 0.0606. The number of para-hydroxylation sites is 1. The third-order valence-electron chi connectivity index (χ3n) is 6.00. The molecule has 0 fully saturated rings. The zero-order valence-corrected chi connectivity index (χ0v) is 20.2. The predicted octanol–water partition coefficient (Wildman–Crippen LogP) is 3.80. The van der Waals surface area contributed by atoms with E-state index in [1.807, 2.05) is 50.2 Å². The van der Waals surface area contributed by atoms with Crippen molar-refractivity contribution >= 4 is 21.4 Å². The molecule has 3 aromatic rings. The van der Waals surface area contributed by atoms with Crippen molar-refractivity contribution in [2.75, 3.05) is 11.3 Å². The zero-order chi connectivity index (χ0) is 25.2. The molecule has 0 spiro atoms. The molecule has 4 rings (SSSR count). The summed E-state index contributed by atoms with van der Waals surface area (Å²) < 4.78 is 33.6. The van der Waals surface area contributed by atoms with Crippen molar-refractivity contribution in [2.24, 2.45) is 0 Å². The average Bonchev–Trinajstić information content (AvgIpc) is 2.82. The van der Waals surface area contributed by atoms with Crippen molar-refractivity contribution < 1.29 is 23.2 Å². The van der Waals surface area contributed by atoms with Gasteiger partial charge in [-0.05, 0) is 62.7 Å². The number of sulfonamides is 1. The van der Waals surface area contributed by atoms with Crippen LogP contribution in [0.5, 0.6) is 5.75 Å². The normalized spacial score (nSPS) is 18.8. The second-order valence-electron chi connectivity index (χ2n) is 8.92. The SMILES string of the molecule is CC1(C)Oc2ccccc2C(NCCc2ccc(NS(=O)(=O)c3ccc([N+](=O)[O-])cc3)cc2)C1O. The van der Waals surface area contributed by atoms with Gasteiger partial charge in [0.15, 0.2) is 0 Å². The van der Waals surface area contributed by atoms with Gasteiger partial charge in [-0.2, -0.15) is 0 Å². The fraction of sp³-hybridized carbons (Fsp3) is 0.280. The van der Waals surface area contributed by atoms with E-state index in [1.165, 1.54) is 12.1 Å². The first kappa shape index (κ1) is 24.6. The summed E-state index contributed by atoms with van der Waals surface area (Å²) in [6, 6.07) is 19.1. The molecule has 2 atom stereocenters. The van der Waals surface area contributed by atoms with Crippen LogP contribution in [0.2, 0.25) is 0 Å². The van der Waals surface area contributed by atoms with Crippen LogP contribution in [0.1, 0.15) is 31.0 Å². The third-order valence-corrected chi connectivity index (χ3v) is 7.39. The van der Waals surface area contributed by atoms with Crippen molar-refractivity contribution in [3.8, 4) is 5.75 Å². The quantitative estimate of drug-likeness (QED) is 0.319. The Kier molecular flexibility index (Phi) is 6.79. The second-order valence-corrected chi connectivity index (χ2v) is 10.6. The lowest BCUT2D eigenvalue weighted by molar-refractivity contribution is -0.384. The molecule has 0 radical (unpaired) electrons. The van der Waals surface area contributed by atoms with E-state index in [4.69, 9.17) is 4.74 Å². The molecular formula is C25H27N3O6S. The van der Waals surface area contributed by atoms with Gasteiger partial charge in [0.25, 0.3) is 15.7 Å². The Balaban J connectivity index is 1.37.